The molecule has 5 heteroatoms. The second kappa shape index (κ2) is 5.04. The van der Waals surface area contributed by atoms with Crippen molar-refractivity contribution in [2.75, 3.05) is 20.8 Å². The van der Waals surface area contributed by atoms with Crippen LogP contribution in [0.25, 0.3) is 0 Å². The van der Waals surface area contributed by atoms with Gasteiger partial charge in [-0.2, -0.15) is 0 Å². The lowest BCUT2D eigenvalue weighted by molar-refractivity contribution is -0.233. The first-order chi connectivity index (χ1) is 6.61. The highest BCUT2D eigenvalue weighted by Gasteiger charge is 2.42. The molecule has 84 valence electrons. The van der Waals surface area contributed by atoms with Crippen LogP contribution < -0.4 is 0 Å². The minimum Gasteiger partial charge on any atom is -0.388 e. The van der Waals surface area contributed by atoms with Crippen LogP contribution in [-0.2, 0) is 14.2 Å². The van der Waals surface area contributed by atoms with Crippen molar-refractivity contribution < 1.29 is 24.4 Å². The fourth-order valence-corrected chi connectivity index (χ4v) is 1.72. The topological polar surface area (TPSA) is 68.2 Å². The molecule has 0 aliphatic carbocycles. The Balaban J connectivity index is 2.66. The Morgan fingerprint density at radius 1 is 1.21 bits per heavy atom. The largest absolute Gasteiger partial charge is 0.388 e. The molecule has 0 spiro atoms. The number of ether oxygens (including phenoxy) is 3. The van der Waals surface area contributed by atoms with Gasteiger partial charge in [0.1, 0.15) is 24.4 Å². The number of hydrogen-bond acceptors (Lipinski definition) is 5. The molecule has 0 aromatic carbocycles. The molecule has 2 N–H and O–H groups in total. The zero-order valence-electron chi connectivity index (χ0n) is 8.71. The lowest BCUT2D eigenvalue weighted by Crippen LogP contribution is -2.58. The summed E-state index contributed by atoms with van der Waals surface area (Å²) in [6, 6.07) is 0. The third-order valence-electron chi connectivity index (χ3n) is 2.53. The third-order valence-corrected chi connectivity index (χ3v) is 2.53. The van der Waals surface area contributed by atoms with Crippen LogP contribution in [0.1, 0.15) is 6.92 Å². The predicted molar refractivity (Wildman–Crippen MR) is 49.0 cm³/mol. The van der Waals surface area contributed by atoms with Crippen LogP contribution in [0.5, 0.6) is 0 Å². The van der Waals surface area contributed by atoms with Crippen molar-refractivity contribution in [1.82, 2.24) is 0 Å². The zero-order valence-corrected chi connectivity index (χ0v) is 8.71. The Hall–Kier alpha value is -0.200. The summed E-state index contributed by atoms with van der Waals surface area (Å²) < 4.78 is 15.5. The van der Waals surface area contributed by atoms with Gasteiger partial charge >= 0.3 is 0 Å². The summed E-state index contributed by atoms with van der Waals surface area (Å²) in [6.07, 6.45) is -3.12. The first-order valence-electron chi connectivity index (χ1n) is 4.65. The van der Waals surface area contributed by atoms with E-state index >= 15 is 0 Å². The smallest absolute Gasteiger partial charge is 0.114 e. The minimum absolute atomic E-state index is 0.335. The molecule has 14 heavy (non-hydrogen) atoms. The summed E-state index contributed by atoms with van der Waals surface area (Å²) in [6.45, 7) is 2.05. The van der Waals surface area contributed by atoms with Crippen molar-refractivity contribution in [3.8, 4) is 0 Å². The molecular weight excluding hydrogens is 188 g/mol. The lowest BCUT2D eigenvalue weighted by atomic mass is 9.96. The van der Waals surface area contributed by atoms with E-state index in [9.17, 15) is 10.2 Å². The SMILES string of the molecule is COCC1O[C@@H](C)C(O)[C@@H](O)[C@@H]1OC. The Labute approximate surface area is 83.6 Å². The van der Waals surface area contributed by atoms with E-state index in [1.165, 1.54) is 7.11 Å². The van der Waals surface area contributed by atoms with Gasteiger partial charge in [-0.25, -0.2) is 0 Å². The highest BCUT2D eigenvalue weighted by molar-refractivity contribution is 4.91. The normalized spacial score (nSPS) is 43.9. The van der Waals surface area contributed by atoms with E-state index in [4.69, 9.17) is 14.2 Å². The van der Waals surface area contributed by atoms with E-state index < -0.39 is 24.4 Å². The van der Waals surface area contributed by atoms with E-state index in [1.807, 2.05) is 0 Å². The molecule has 1 heterocycles. The summed E-state index contributed by atoms with van der Waals surface area (Å²) >= 11 is 0. The molecule has 0 bridgehead atoms. The van der Waals surface area contributed by atoms with Crippen LogP contribution in [-0.4, -0.2) is 61.6 Å². The maximum atomic E-state index is 9.69. The van der Waals surface area contributed by atoms with E-state index in [1.54, 1.807) is 14.0 Å². The van der Waals surface area contributed by atoms with Gasteiger partial charge in [0.25, 0.3) is 0 Å². The van der Waals surface area contributed by atoms with Crippen LogP contribution >= 0.6 is 0 Å². The van der Waals surface area contributed by atoms with E-state index in [-0.39, 0.29) is 6.10 Å². The fourth-order valence-electron chi connectivity index (χ4n) is 1.72. The molecule has 2 unspecified atom stereocenters. The maximum Gasteiger partial charge on any atom is 0.114 e. The molecule has 1 fully saturated rings. The Bertz CT molecular complexity index is 175. The number of aliphatic hydroxyl groups is 2. The third kappa shape index (κ3) is 2.24. The van der Waals surface area contributed by atoms with Gasteiger partial charge in [0.2, 0.25) is 0 Å². The van der Waals surface area contributed by atoms with Crippen LogP contribution in [0.4, 0.5) is 0 Å². The summed E-state index contributed by atoms with van der Waals surface area (Å²) in [7, 11) is 3.03. The molecule has 1 saturated heterocycles. The highest BCUT2D eigenvalue weighted by Crippen LogP contribution is 2.22. The Morgan fingerprint density at radius 3 is 2.36 bits per heavy atom. The Morgan fingerprint density at radius 2 is 1.86 bits per heavy atom. The summed E-state index contributed by atoms with van der Waals surface area (Å²) in [5.74, 6) is 0. The van der Waals surface area contributed by atoms with Crippen molar-refractivity contribution in [1.29, 1.82) is 0 Å². The fraction of sp³-hybridized carbons (Fsp3) is 1.00. The summed E-state index contributed by atoms with van der Waals surface area (Å²) in [5.41, 5.74) is 0. The molecule has 1 aliphatic rings. The molecule has 1 rings (SSSR count). The lowest BCUT2D eigenvalue weighted by Gasteiger charge is -2.40. The molecule has 5 nitrogen and oxygen atoms in total. The zero-order chi connectivity index (χ0) is 10.7. The van der Waals surface area contributed by atoms with Crippen LogP contribution in [0.3, 0.4) is 0 Å². The van der Waals surface area contributed by atoms with Crippen molar-refractivity contribution in [3.63, 3.8) is 0 Å². The van der Waals surface area contributed by atoms with Gasteiger partial charge in [-0.15, -0.1) is 0 Å². The minimum atomic E-state index is -0.927. The standard InChI is InChI=1S/C9H18O5/c1-5-7(10)8(11)9(13-3)6(14-5)4-12-2/h5-11H,4H2,1-3H3/t5-,6?,7?,8+,9+/m0/s1. The summed E-state index contributed by atoms with van der Waals surface area (Å²) in [5, 5.41) is 19.2. The van der Waals surface area contributed by atoms with Gasteiger partial charge in [0.15, 0.2) is 0 Å². The number of rotatable bonds is 3. The highest BCUT2D eigenvalue weighted by atomic mass is 16.6. The molecular formula is C9H18O5. The van der Waals surface area contributed by atoms with Crippen molar-refractivity contribution in [2.45, 2.75) is 37.4 Å². The molecule has 5 atom stereocenters. The molecule has 0 aromatic rings. The average molecular weight is 206 g/mol. The van der Waals surface area contributed by atoms with Crippen LogP contribution in [0.2, 0.25) is 0 Å². The van der Waals surface area contributed by atoms with Crippen molar-refractivity contribution in [2.24, 2.45) is 0 Å². The monoisotopic (exact) mass is 206 g/mol. The van der Waals surface area contributed by atoms with Gasteiger partial charge in [-0.3, -0.25) is 0 Å². The summed E-state index contributed by atoms with van der Waals surface area (Å²) in [4.78, 5) is 0. The maximum absolute atomic E-state index is 9.69. The van der Waals surface area contributed by atoms with Crippen molar-refractivity contribution in [3.05, 3.63) is 0 Å². The number of aliphatic hydroxyl groups excluding tert-OH is 2. The number of hydrogen-bond donors (Lipinski definition) is 2. The molecule has 0 amide bonds. The number of methoxy groups -OCH3 is 2. The first-order valence-corrected chi connectivity index (χ1v) is 4.65. The van der Waals surface area contributed by atoms with Gasteiger partial charge in [-0.05, 0) is 6.92 Å². The molecule has 0 saturated carbocycles. The van der Waals surface area contributed by atoms with Crippen molar-refractivity contribution >= 4 is 0 Å². The van der Waals surface area contributed by atoms with E-state index in [0.29, 0.717) is 6.61 Å². The van der Waals surface area contributed by atoms with E-state index in [2.05, 4.69) is 0 Å². The Kier molecular flexibility index (Phi) is 4.28. The predicted octanol–water partition coefficient (Wildman–Crippen LogP) is -0.843. The molecule has 0 radical (unpaired) electrons. The second-order valence-corrected chi connectivity index (χ2v) is 3.52. The van der Waals surface area contributed by atoms with Gasteiger partial charge in [0, 0.05) is 14.2 Å². The van der Waals surface area contributed by atoms with Crippen LogP contribution in [0.15, 0.2) is 0 Å². The molecule has 0 aromatic heterocycles. The van der Waals surface area contributed by atoms with E-state index in [0.717, 1.165) is 0 Å². The second-order valence-electron chi connectivity index (χ2n) is 3.52. The van der Waals surface area contributed by atoms with Gasteiger partial charge in [-0.1, -0.05) is 0 Å². The van der Waals surface area contributed by atoms with Gasteiger partial charge in [0.05, 0.1) is 12.7 Å². The first kappa shape index (κ1) is 11.9. The van der Waals surface area contributed by atoms with Gasteiger partial charge < -0.3 is 24.4 Å². The van der Waals surface area contributed by atoms with Crippen LogP contribution in [0, 0.1) is 0 Å². The average Bonchev–Trinajstić information content (AvgIpc) is 2.16. The quantitative estimate of drug-likeness (QED) is 0.630. The molecule has 1 aliphatic heterocycles.